The van der Waals surface area contributed by atoms with Gasteiger partial charge in [-0.2, -0.15) is 0 Å². The Morgan fingerprint density at radius 3 is 2.77 bits per heavy atom. The molecular formula is C22H26ClN3O4. The molecule has 1 aromatic rings. The summed E-state index contributed by atoms with van der Waals surface area (Å²) in [5.41, 5.74) is 0.0651. The highest BCUT2D eigenvalue weighted by atomic mass is 35.5. The van der Waals surface area contributed by atoms with Crippen LogP contribution in [0.25, 0.3) is 0 Å². The van der Waals surface area contributed by atoms with Gasteiger partial charge in [0.1, 0.15) is 5.60 Å². The zero-order chi connectivity index (χ0) is 20.7. The van der Waals surface area contributed by atoms with E-state index in [9.17, 15) is 9.59 Å². The molecule has 0 aromatic heterocycles. The normalized spacial score (nSPS) is 32.6. The van der Waals surface area contributed by atoms with Crippen molar-refractivity contribution in [2.24, 2.45) is 11.8 Å². The van der Waals surface area contributed by atoms with Gasteiger partial charge >= 0.3 is 0 Å². The molecule has 0 unspecified atom stereocenters. The highest BCUT2D eigenvalue weighted by Crippen LogP contribution is 2.52. The van der Waals surface area contributed by atoms with Crippen LogP contribution in [0.15, 0.2) is 36.4 Å². The lowest BCUT2D eigenvalue weighted by Crippen LogP contribution is -2.45. The number of amides is 2. The van der Waals surface area contributed by atoms with E-state index in [-0.39, 0.29) is 17.9 Å². The fraction of sp³-hybridized carbons (Fsp3) is 0.545. The molecule has 2 bridgehead atoms. The Hall–Kier alpha value is -1.93. The van der Waals surface area contributed by atoms with Crippen LogP contribution in [0.1, 0.15) is 6.42 Å². The molecule has 7 nitrogen and oxygen atoms in total. The maximum absolute atomic E-state index is 13.3. The van der Waals surface area contributed by atoms with Crippen LogP contribution in [-0.4, -0.2) is 74.4 Å². The Morgan fingerprint density at radius 2 is 2.00 bits per heavy atom. The Labute approximate surface area is 180 Å². The van der Waals surface area contributed by atoms with Crippen LogP contribution in [0.3, 0.4) is 0 Å². The first-order chi connectivity index (χ1) is 14.6. The summed E-state index contributed by atoms with van der Waals surface area (Å²) < 4.78 is 11.5. The summed E-state index contributed by atoms with van der Waals surface area (Å²) in [4.78, 5) is 30.4. The molecule has 2 amide bonds. The van der Waals surface area contributed by atoms with Gasteiger partial charge in [0.15, 0.2) is 0 Å². The number of anilines is 1. The number of rotatable bonds is 6. The molecule has 3 saturated heterocycles. The third-order valence-electron chi connectivity index (χ3n) is 6.60. The molecule has 160 valence electrons. The lowest BCUT2D eigenvalue weighted by molar-refractivity contribution is -0.131. The van der Waals surface area contributed by atoms with Crippen LogP contribution in [0.2, 0.25) is 5.02 Å². The van der Waals surface area contributed by atoms with Gasteiger partial charge in [0.25, 0.3) is 0 Å². The van der Waals surface area contributed by atoms with Gasteiger partial charge in [0.05, 0.1) is 37.7 Å². The quantitative estimate of drug-likeness (QED) is 0.545. The number of nitrogens with one attached hydrogen (secondary N) is 1. The van der Waals surface area contributed by atoms with Gasteiger partial charge in [-0.15, -0.1) is 0 Å². The molecule has 4 heterocycles. The highest BCUT2D eigenvalue weighted by molar-refractivity contribution is 6.30. The summed E-state index contributed by atoms with van der Waals surface area (Å²) in [6.45, 7) is 5.38. The van der Waals surface area contributed by atoms with E-state index in [1.54, 1.807) is 17.0 Å². The fourth-order valence-corrected chi connectivity index (χ4v) is 5.22. The average molecular weight is 432 g/mol. The smallest absolute Gasteiger partial charge is 0.234 e. The Balaban J connectivity index is 1.23. The number of hydrogen-bond acceptors (Lipinski definition) is 5. The molecule has 0 aliphatic carbocycles. The second-order valence-electron chi connectivity index (χ2n) is 8.40. The largest absolute Gasteiger partial charge is 0.379 e. The molecule has 4 atom stereocenters. The minimum absolute atomic E-state index is 0.0577. The summed E-state index contributed by atoms with van der Waals surface area (Å²) in [5.74, 6) is -1.12. The molecule has 1 aromatic carbocycles. The standard InChI is InChI=1S/C22H26ClN3O4/c23-15-2-4-16(5-3-15)26-14-22-7-6-17(30-22)18(19(22)21(26)28)20(27)24-8-1-9-25-10-12-29-13-11-25/h2-7,17-19H,1,8-14H2,(H,24,27)/t17-,18+,19-,22+/m1/s1. The zero-order valence-electron chi connectivity index (χ0n) is 16.8. The predicted molar refractivity (Wildman–Crippen MR) is 112 cm³/mol. The van der Waals surface area contributed by atoms with Gasteiger partial charge in [0.2, 0.25) is 11.8 Å². The number of benzene rings is 1. The van der Waals surface area contributed by atoms with E-state index in [1.165, 1.54) is 0 Å². The Morgan fingerprint density at radius 1 is 1.23 bits per heavy atom. The van der Waals surface area contributed by atoms with Crippen molar-refractivity contribution in [3.63, 3.8) is 0 Å². The van der Waals surface area contributed by atoms with Crippen molar-refractivity contribution < 1.29 is 19.1 Å². The van der Waals surface area contributed by atoms with E-state index in [1.807, 2.05) is 24.3 Å². The lowest BCUT2D eigenvalue weighted by Gasteiger charge is -2.27. The maximum Gasteiger partial charge on any atom is 0.234 e. The first kappa shape index (κ1) is 20.0. The number of hydrogen-bond donors (Lipinski definition) is 1. The summed E-state index contributed by atoms with van der Waals surface area (Å²) >= 11 is 5.99. The van der Waals surface area contributed by atoms with Gasteiger partial charge < -0.3 is 19.7 Å². The van der Waals surface area contributed by atoms with Crippen LogP contribution in [0, 0.1) is 11.8 Å². The van der Waals surface area contributed by atoms with Crippen molar-refractivity contribution in [3.05, 3.63) is 41.4 Å². The minimum Gasteiger partial charge on any atom is -0.379 e. The topological polar surface area (TPSA) is 71.1 Å². The van der Waals surface area contributed by atoms with Crippen LogP contribution < -0.4 is 10.2 Å². The molecule has 8 heteroatoms. The molecule has 1 spiro atoms. The third-order valence-corrected chi connectivity index (χ3v) is 6.85. The van der Waals surface area contributed by atoms with E-state index in [4.69, 9.17) is 21.1 Å². The van der Waals surface area contributed by atoms with Crippen LogP contribution >= 0.6 is 11.6 Å². The van der Waals surface area contributed by atoms with Crippen molar-refractivity contribution in [2.75, 3.05) is 50.8 Å². The van der Waals surface area contributed by atoms with Crippen molar-refractivity contribution in [1.29, 1.82) is 0 Å². The van der Waals surface area contributed by atoms with Crippen molar-refractivity contribution in [2.45, 2.75) is 18.1 Å². The number of morpholine rings is 1. The van der Waals surface area contributed by atoms with Crippen molar-refractivity contribution in [1.82, 2.24) is 10.2 Å². The molecule has 30 heavy (non-hydrogen) atoms. The first-order valence-electron chi connectivity index (χ1n) is 10.6. The summed E-state index contributed by atoms with van der Waals surface area (Å²) in [6, 6.07) is 7.19. The second-order valence-corrected chi connectivity index (χ2v) is 8.84. The zero-order valence-corrected chi connectivity index (χ0v) is 17.5. The Kier molecular flexibility index (Phi) is 5.31. The van der Waals surface area contributed by atoms with E-state index >= 15 is 0 Å². The summed E-state index contributed by atoms with van der Waals surface area (Å²) in [5, 5.41) is 3.66. The van der Waals surface area contributed by atoms with E-state index in [0.29, 0.717) is 18.1 Å². The van der Waals surface area contributed by atoms with E-state index < -0.39 is 17.4 Å². The van der Waals surface area contributed by atoms with Crippen molar-refractivity contribution >= 4 is 29.1 Å². The highest BCUT2D eigenvalue weighted by Gasteiger charge is 2.67. The number of halogens is 1. The molecule has 5 rings (SSSR count). The number of ether oxygens (including phenoxy) is 2. The van der Waals surface area contributed by atoms with Crippen LogP contribution in [0.5, 0.6) is 0 Å². The molecule has 4 aliphatic rings. The number of nitrogens with zero attached hydrogens (tertiary/aromatic N) is 2. The van der Waals surface area contributed by atoms with Gasteiger partial charge in [-0.05, 0) is 37.2 Å². The van der Waals surface area contributed by atoms with Crippen molar-refractivity contribution in [3.8, 4) is 0 Å². The molecule has 1 N–H and O–H groups in total. The maximum atomic E-state index is 13.3. The molecular weight excluding hydrogens is 406 g/mol. The molecule has 0 saturated carbocycles. The number of carbonyl (C=O) groups is 2. The average Bonchev–Trinajstić information content (AvgIpc) is 3.41. The summed E-state index contributed by atoms with van der Waals surface area (Å²) in [7, 11) is 0. The molecule has 0 radical (unpaired) electrons. The van der Waals surface area contributed by atoms with Crippen LogP contribution in [-0.2, 0) is 19.1 Å². The molecule has 3 fully saturated rings. The molecule has 4 aliphatic heterocycles. The fourth-order valence-electron chi connectivity index (χ4n) is 5.09. The first-order valence-corrected chi connectivity index (χ1v) is 11.0. The van der Waals surface area contributed by atoms with Crippen LogP contribution in [0.4, 0.5) is 5.69 Å². The second kappa shape index (κ2) is 7.96. The Bertz CT molecular complexity index is 854. The SMILES string of the molecule is O=C(NCCCN1CCOCC1)[C@H]1[C@H]2C=C[C@@]3(CN(c4ccc(Cl)cc4)C(=O)[C@@H]13)O2. The van der Waals surface area contributed by atoms with E-state index in [0.717, 1.165) is 45.0 Å². The minimum atomic E-state index is -0.711. The predicted octanol–water partition coefficient (Wildman–Crippen LogP) is 1.46. The van der Waals surface area contributed by atoms with Gasteiger partial charge in [-0.3, -0.25) is 14.5 Å². The van der Waals surface area contributed by atoms with Gasteiger partial charge in [-0.25, -0.2) is 0 Å². The number of fused-ring (bicyclic) bond motifs is 1. The lowest BCUT2D eigenvalue weighted by atomic mass is 9.77. The van der Waals surface area contributed by atoms with E-state index in [2.05, 4.69) is 10.2 Å². The number of carbonyl (C=O) groups excluding carboxylic acids is 2. The van der Waals surface area contributed by atoms with Gasteiger partial charge in [0, 0.05) is 30.3 Å². The third kappa shape index (κ3) is 3.43. The van der Waals surface area contributed by atoms with Gasteiger partial charge in [-0.1, -0.05) is 23.8 Å². The monoisotopic (exact) mass is 431 g/mol. The summed E-state index contributed by atoms with van der Waals surface area (Å²) in [6.07, 6.45) is 4.46.